The molecule has 34 heavy (non-hydrogen) atoms. The van der Waals surface area contributed by atoms with Crippen molar-refractivity contribution in [3.8, 4) is 11.3 Å². The molecule has 1 aliphatic heterocycles. The normalized spacial score (nSPS) is 14.3. The quantitative estimate of drug-likeness (QED) is 0.358. The van der Waals surface area contributed by atoms with E-state index >= 15 is 0 Å². The van der Waals surface area contributed by atoms with Gasteiger partial charge < -0.3 is 4.57 Å². The standard InChI is InChI=1S/C25H22BrN5O3/c1-15(2)11-17(30-24(33)18-5-3-4-6-19(18)25(30)34)14-29-10-9-16(12-23(29)32)20-7-8-22-27-13-21(26)31(22)28-20/h3-10,12-13,15,17H,11,14H2,1-2H3. The van der Waals surface area contributed by atoms with Crippen LogP contribution in [0.15, 0.2) is 70.3 Å². The van der Waals surface area contributed by atoms with E-state index in [1.54, 1.807) is 45.7 Å². The number of carbonyl (C=O) groups excluding carboxylic acids is 2. The van der Waals surface area contributed by atoms with Gasteiger partial charge in [-0.05, 0) is 58.6 Å². The Balaban J connectivity index is 1.45. The third-order valence-electron chi connectivity index (χ3n) is 5.95. The molecular formula is C25H22BrN5O3. The van der Waals surface area contributed by atoms with Gasteiger partial charge in [0.05, 0.1) is 29.1 Å². The van der Waals surface area contributed by atoms with E-state index in [4.69, 9.17) is 0 Å². The Morgan fingerprint density at radius 3 is 2.32 bits per heavy atom. The molecule has 0 saturated heterocycles. The molecule has 0 spiro atoms. The highest BCUT2D eigenvalue weighted by Crippen LogP contribution is 2.27. The van der Waals surface area contributed by atoms with Gasteiger partial charge in [0.2, 0.25) is 0 Å². The average Bonchev–Trinajstić information content (AvgIpc) is 3.31. The lowest BCUT2D eigenvalue weighted by Gasteiger charge is -2.28. The van der Waals surface area contributed by atoms with Crippen molar-refractivity contribution in [3.05, 3.63) is 87.0 Å². The zero-order chi connectivity index (χ0) is 24.0. The number of benzene rings is 1. The van der Waals surface area contributed by atoms with Crippen LogP contribution < -0.4 is 5.56 Å². The number of carbonyl (C=O) groups is 2. The molecular weight excluding hydrogens is 498 g/mol. The van der Waals surface area contributed by atoms with Gasteiger partial charge in [-0.15, -0.1) is 0 Å². The minimum Gasteiger partial charge on any atom is -0.313 e. The van der Waals surface area contributed by atoms with Gasteiger partial charge in [-0.3, -0.25) is 19.3 Å². The highest BCUT2D eigenvalue weighted by atomic mass is 79.9. The maximum Gasteiger partial charge on any atom is 0.261 e. The summed E-state index contributed by atoms with van der Waals surface area (Å²) in [7, 11) is 0. The largest absolute Gasteiger partial charge is 0.313 e. The smallest absolute Gasteiger partial charge is 0.261 e. The summed E-state index contributed by atoms with van der Waals surface area (Å²) in [5.74, 6) is -0.382. The summed E-state index contributed by atoms with van der Waals surface area (Å²) < 4.78 is 3.92. The second kappa shape index (κ2) is 8.64. The fourth-order valence-corrected chi connectivity index (χ4v) is 4.75. The fourth-order valence-electron chi connectivity index (χ4n) is 4.39. The van der Waals surface area contributed by atoms with Crippen molar-refractivity contribution < 1.29 is 9.59 Å². The SMILES string of the molecule is CC(C)CC(Cn1ccc(-c2ccc3ncc(Br)n3n2)cc1=O)N1C(=O)c2ccccc2C1=O. The summed E-state index contributed by atoms with van der Waals surface area (Å²) in [5, 5.41) is 4.54. The zero-order valence-electron chi connectivity index (χ0n) is 18.7. The van der Waals surface area contributed by atoms with Crippen LogP contribution in [0.5, 0.6) is 0 Å². The van der Waals surface area contributed by atoms with Gasteiger partial charge in [0.15, 0.2) is 5.65 Å². The number of imidazole rings is 1. The highest BCUT2D eigenvalue weighted by Gasteiger charge is 2.40. The van der Waals surface area contributed by atoms with E-state index in [-0.39, 0.29) is 29.8 Å². The number of aromatic nitrogens is 4. The summed E-state index contributed by atoms with van der Waals surface area (Å²) >= 11 is 3.41. The van der Waals surface area contributed by atoms with E-state index in [1.807, 2.05) is 32.0 Å². The number of hydrogen-bond donors (Lipinski definition) is 0. The van der Waals surface area contributed by atoms with Gasteiger partial charge in [0.1, 0.15) is 4.60 Å². The van der Waals surface area contributed by atoms with E-state index < -0.39 is 6.04 Å². The predicted molar refractivity (Wildman–Crippen MR) is 131 cm³/mol. The fraction of sp³-hybridized carbons (Fsp3) is 0.240. The van der Waals surface area contributed by atoms with Crippen molar-refractivity contribution in [1.29, 1.82) is 0 Å². The van der Waals surface area contributed by atoms with Crippen LogP contribution in [0.4, 0.5) is 0 Å². The van der Waals surface area contributed by atoms with Crippen LogP contribution in [0.2, 0.25) is 0 Å². The lowest BCUT2D eigenvalue weighted by Crippen LogP contribution is -2.44. The van der Waals surface area contributed by atoms with E-state index in [2.05, 4.69) is 26.0 Å². The average molecular weight is 520 g/mol. The molecule has 0 saturated carbocycles. The second-order valence-corrected chi connectivity index (χ2v) is 9.60. The Morgan fingerprint density at radius 1 is 0.971 bits per heavy atom. The molecule has 2 amide bonds. The summed E-state index contributed by atoms with van der Waals surface area (Å²) in [5.41, 5.74) is 2.60. The maximum atomic E-state index is 13.1. The van der Waals surface area contributed by atoms with Crippen LogP contribution in [0.25, 0.3) is 16.9 Å². The molecule has 4 heterocycles. The molecule has 4 aromatic rings. The Kier molecular flexibility index (Phi) is 5.65. The molecule has 0 N–H and O–H groups in total. The Morgan fingerprint density at radius 2 is 1.68 bits per heavy atom. The molecule has 5 rings (SSSR count). The van der Waals surface area contributed by atoms with E-state index in [9.17, 15) is 14.4 Å². The van der Waals surface area contributed by atoms with Crippen molar-refractivity contribution in [2.24, 2.45) is 5.92 Å². The van der Waals surface area contributed by atoms with Gasteiger partial charge in [-0.25, -0.2) is 9.50 Å². The number of nitrogens with zero attached hydrogens (tertiary/aromatic N) is 5. The van der Waals surface area contributed by atoms with E-state index in [0.29, 0.717) is 34.5 Å². The first-order valence-corrected chi connectivity index (χ1v) is 11.8. The van der Waals surface area contributed by atoms with Gasteiger partial charge >= 0.3 is 0 Å². The van der Waals surface area contributed by atoms with Crippen LogP contribution in [-0.4, -0.2) is 41.9 Å². The van der Waals surface area contributed by atoms with Crippen LogP contribution in [-0.2, 0) is 6.54 Å². The third kappa shape index (κ3) is 3.86. The summed E-state index contributed by atoms with van der Waals surface area (Å²) in [6, 6.07) is 13.4. The highest BCUT2D eigenvalue weighted by molar-refractivity contribution is 9.10. The minimum absolute atomic E-state index is 0.224. The molecule has 1 aromatic carbocycles. The van der Waals surface area contributed by atoms with Crippen LogP contribution in [0.3, 0.4) is 0 Å². The van der Waals surface area contributed by atoms with Crippen molar-refractivity contribution >= 4 is 33.4 Å². The molecule has 1 aliphatic rings. The molecule has 172 valence electrons. The third-order valence-corrected chi connectivity index (χ3v) is 6.49. The van der Waals surface area contributed by atoms with Crippen LogP contribution >= 0.6 is 15.9 Å². The van der Waals surface area contributed by atoms with Crippen molar-refractivity contribution in [1.82, 2.24) is 24.1 Å². The number of rotatable bonds is 6. The van der Waals surface area contributed by atoms with Crippen LogP contribution in [0.1, 0.15) is 41.0 Å². The maximum absolute atomic E-state index is 13.1. The lowest BCUT2D eigenvalue weighted by molar-refractivity contribution is 0.0547. The van der Waals surface area contributed by atoms with Crippen molar-refractivity contribution in [2.45, 2.75) is 32.9 Å². The van der Waals surface area contributed by atoms with Gasteiger partial charge in [-0.1, -0.05) is 26.0 Å². The van der Waals surface area contributed by atoms with Gasteiger partial charge in [0.25, 0.3) is 17.4 Å². The Labute approximate surface area is 204 Å². The Hall–Kier alpha value is -3.59. The van der Waals surface area contributed by atoms with Crippen molar-refractivity contribution in [2.75, 3.05) is 0 Å². The molecule has 8 nitrogen and oxygen atoms in total. The number of amides is 2. The Bertz CT molecular complexity index is 1450. The number of hydrogen-bond acceptors (Lipinski definition) is 5. The summed E-state index contributed by atoms with van der Waals surface area (Å²) in [6.45, 7) is 4.29. The predicted octanol–water partition coefficient (Wildman–Crippen LogP) is 4.03. The topological polar surface area (TPSA) is 89.6 Å². The van der Waals surface area contributed by atoms with Gasteiger partial charge in [-0.2, -0.15) is 5.10 Å². The number of fused-ring (bicyclic) bond motifs is 2. The van der Waals surface area contributed by atoms with Gasteiger partial charge in [0, 0.05) is 24.4 Å². The first kappa shape index (κ1) is 22.2. The van der Waals surface area contributed by atoms with Crippen molar-refractivity contribution in [3.63, 3.8) is 0 Å². The molecule has 0 radical (unpaired) electrons. The number of halogens is 1. The number of imide groups is 1. The second-order valence-electron chi connectivity index (χ2n) is 8.78. The summed E-state index contributed by atoms with van der Waals surface area (Å²) in [6.07, 6.45) is 3.95. The molecule has 0 fully saturated rings. The monoisotopic (exact) mass is 519 g/mol. The molecule has 0 bridgehead atoms. The van der Waals surface area contributed by atoms with Crippen LogP contribution in [0, 0.1) is 5.92 Å². The molecule has 1 atom stereocenters. The zero-order valence-corrected chi connectivity index (χ0v) is 20.3. The van der Waals surface area contributed by atoms with E-state index in [0.717, 1.165) is 4.60 Å². The first-order chi connectivity index (χ1) is 16.3. The molecule has 9 heteroatoms. The molecule has 0 aliphatic carbocycles. The lowest BCUT2D eigenvalue weighted by atomic mass is 10.0. The minimum atomic E-state index is -0.438. The number of pyridine rings is 1. The molecule has 3 aromatic heterocycles. The summed E-state index contributed by atoms with van der Waals surface area (Å²) in [4.78, 5) is 44.7. The van der Waals surface area contributed by atoms with E-state index in [1.165, 1.54) is 11.0 Å². The first-order valence-electron chi connectivity index (χ1n) is 11.0. The molecule has 1 unspecified atom stereocenters.